The van der Waals surface area contributed by atoms with Crippen LogP contribution in [-0.4, -0.2) is 56.3 Å². The summed E-state index contributed by atoms with van der Waals surface area (Å²) in [5, 5.41) is 3.17. The first-order chi connectivity index (χ1) is 11.3. The first-order valence-electron chi connectivity index (χ1n) is 8.53. The summed E-state index contributed by atoms with van der Waals surface area (Å²) in [4.78, 5) is 14.9. The number of amides is 1. The summed E-state index contributed by atoms with van der Waals surface area (Å²) in [6.45, 7) is 3.80. The van der Waals surface area contributed by atoms with Gasteiger partial charge in [0.1, 0.15) is 5.75 Å². The summed E-state index contributed by atoms with van der Waals surface area (Å²) in [6.07, 6.45) is 4.42. The minimum atomic E-state index is -0.00118. The smallest absolute Gasteiger partial charge is 0.251 e. The molecular weight excluding hydrogens is 292 g/mol. The molecule has 1 aromatic rings. The van der Waals surface area contributed by atoms with Crippen molar-refractivity contribution in [1.29, 1.82) is 0 Å². The standard InChI is InChI=1S/C18H26N2O3/c1-22-17-4-2-3-14(13-17)18(21)19-15-5-7-16(8-6-15)20-9-11-23-12-10-20/h2-4,13,15-16H,5-12H2,1H3,(H,19,21). The number of rotatable bonds is 4. The average Bonchev–Trinajstić information content (AvgIpc) is 2.63. The van der Waals surface area contributed by atoms with Crippen molar-refractivity contribution in [1.82, 2.24) is 10.2 Å². The van der Waals surface area contributed by atoms with Crippen LogP contribution in [0.5, 0.6) is 5.75 Å². The van der Waals surface area contributed by atoms with Gasteiger partial charge in [-0.3, -0.25) is 9.69 Å². The molecule has 0 aromatic heterocycles. The second kappa shape index (κ2) is 7.79. The molecule has 1 saturated carbocycles. The summed E-state index contributed by atoms with van der Waals surface area (Å²) < 4.78 is 10.6. The molecule has 5 nitrogen and oxygen atoms in total. The Balaban J connectivity index is 1.49. The predicted molar refractivity (Wildman–Crippen MR) is 88.9 cm³/mol. The number of carbonyl (C=O) groups is 1. The second-order valence-corrected chi connectivity index (χ2v) is 6.36. The minimum absolute atomic E-state index is 0.00118. The molecule has 0 unspecified atom stereocenters. The van der Waals surface area contributed by atoms with Gasteiger partial charge in [0.25, 0.3) is 5.91 Å². The number of nitrogens with one attached hydrogen (secondary N) is 1. The molecule has 2 aliphatic rings. The van der Waals surface area contributed by atoms with Gasteiger partial charge in [-0.1, -0.05) is 6.07 Å². The zero-order valence-corrected chi connectivity index (χ0v) is 13.8. The zero-order chi connectivity index (χ0) is 16.1. The van der Waals surface area contributed by atoms with Crippen molar-refractivity contribution in [2.45, 2.75) is 37.8 Å². The van der Waals surface area contributed by atoms with E-state index in [0.29, 0.717) is 17.4 Å². The van der Waals surface area contributed by atoms with Crippen LogP contribution in [0.1, 0.15) is 36.0 Å². The van der Waals surface area contributed by atoms with E-state index in [-0.39, 0.29) is 11.9 Å². The molecule has 1 heterocycles. The molecule has 5 heteroatoms. The lowest BCUT2D eigenvalue weighted by Gasteiger charge is -2.38. The van der Waals surface area contributed by atoms with Crippen molar-refractivity contribution in [2.24, 2.45) is 0 Å². The lowest BCUT2D eigenvalue weighted by molar-refractivity contribution is 0.00664. The highest BCUT2D eigenvalue weighted by Gasteiger charge is 2.27. The van der Waals surface area contributed by atoms with E-state index in [1.807, 2.05) is 18.2 Å². The van der Waals surface area contributed by atoms with E-state index in [2.05, 4.69) is 10.2 Å². The summed E-state index contributed by atoms with van der Waals surface area (Å²) in [5.74, 6) is 0.715. The van der Waals surface area contributed by atoms with E-state index in [4.69, 9.17) is 9.47 Å². The maximum absolute atomic E-state index is 12.4. The fourth-order valence-electron chi connectivity index (χ4n) is 3.56. The fourth-order valence-corrected chi connectivity index (χ4v) is 3.56. The summed E-state index contributed by atoms with van der Waals surface area (Å²) in [5.41, 5.74) is 0.666. The Morgan fingerprint density at radius 3 is 2.65 bits per heavy atom. The Morgan fingerprint density at radius 1 is 1.22 bits per heavy atom. The molecular formula is C18H26N2O3. The second-order valence-electron chi connectivity index (χ2n) is 6.36. The molecule has 1 amide bonds. The Kier molecular flexibility index (Phi) is 5.51. The van der Waals surface area contributed by atoms with E-state index < -0.39 is 0 Å². The van der Waals surface area contributed by atoms with Crippen molar-refractivity contribution < 1.29 is 14.3 Å². The summed E-state index contributed by atoms with van der Waals surface area (Å²) in [7, 11) is 1.62. The Labute approximate surface area is 137 Å². The van der Waals surface area contributed by atoms with Crippen LogP contribution in [0.3, 0.4) is 0 Å². The van der Waals surface area contributed by atoms with Crippen LogP contribution in [0, 0.1) is 0 Å². The molecule has 1 N–H and O–H groups in total. The maximum Gasteiger partial charge on any atom is 0.251 e. The SMILES string of the molecule is COc1cccc(C(=O)NC2CCC(N3CCOCC3)CC2)c1. The van der Waals surface area contributed by atoms with Gasteiger partial charge in [0.2, 0.25) is 0 Å². The monoisotopic (exact) mass is 318 g/mol. The lowest BCUT2D eigenvalue weighted by atomic mass is 9.89. The zero-order valence-electron chi connectivity index (χ0n) is 13.8. The van der Waals surface area contributed by atoms with Crippen molar-refractivity contribution in [3.05, 3.63) is 29.8 Å². The lowest BCUT2D eigenvalue weighted by Crippen LogP contribution is -2.47. The Morgan fingerprint density at radius 2 is 1.96 bits per heavy atom. The number of carbonyl (C=O) groups excluding carboxylic acids is 1. The summed E-state index contributed by atoms with van der Waals surface area (Å²) >= 11 is 0. The van der Waals surface area contributed by atoms with Crippen LogP contribution in [0.25, 0.3) is 0 Å². The van der Waals surface area contributed by atoms with Gasteiger partial charge in [-0.15, -0.1) is 0 Å². The van der Waals surface area contributed by atoms with Crippen molar-refractivity contribution >= 4 is 5.91 Å². The molecule has 0 bridgehead atoms. The van der Waals surface area contributed by atoms with Crippen LogP contribution in [0.2, 0.25) is 0 Å². The van der Waals surface area contributed by atoms with E-state index >= 15 is 0 Å². The molecule has 0 atom stereocenters. The molecule has 1 aliphatic heterocycles. The Hall–Kier alpha value is -1.59. The van der Waals surface area contributed by atoms with Crippen LogP contribution >= 0.6 is 0 Å². The molecule has 126 valence electrons. The highest BCUT2D eigenvalue weighted by molar-refractivity contribution is 5.94. The minimum Gasteiger partial charge on any atom is -0.497 e. The number of hydrogen-bond donors (Lipinski definition) is 1. The first-order valence-corrected chi connectivity index (χ1v) is 8.53. The van der Waals surface area contributed by atoms with E-state index in [1.165, 1.54) is 0 Å². The van der Waals surface area contributed by atoms with Crippen LogP contribution in [0.15, 0.2) is 24.3 Å². The van der Waals surface area contributed by atoms with Gasteiger partial charge in [0.05, 0.1) is 20.3 Å². The largest absolute Gasteiger partial charge is 0.497 e. The predicted octanol–water partition coefficient (Wildman–Crippen LogP) is 2.07. The van der Waals surface area contributed by atoms with Gasteiger partial charge in [-0.2, -0.15) is 0 Å². The maximum atomic E-state index is 12.4. The van der Waals surface area contributed by atoms with Crippen LogP contribution in [-0.2, 0) is 4.74 Å². The molecule has 0 radical (unpaired) electrons. The topological polar surface area (TPSA) is 50.8 Å². The highest BCUT2D eigenvalue weighted by Crippen LogP contribution is 2.24. The third kappa shape index (κ3) is 4.24. The number of nitrogens with zero attached hydrogens (tertiary/aromatic N) is 1. The number of benzene rings is 1. The number of methoxy groups -OCH3 is 1. The molecule has 2 fully saturated rings. The summed E-state index contributed by atoms with van der Waals surface area (Å²) in [6, 6.07) is 8.26. The normalized spacial score (nSPS) is 25.8. The van der Waals surface area contributed by atoms with Crippen LogP contribution < -0.4 is 10.1 Å². The fraction of sp³-hybridized carbons (Fsp3) is 0.611. The van der Waals surface area contributed by atoms with Gasteiger partial charge >= 0.3 is 0 Å². The van der Waals surface area contributed by atoms with Gasteiger partial charge in [0.15, 0.2) is 0 Å². The molecule has 1 aliphatic carbocycles. The van der Waals surface area contributed by atoms with Crippen LogP contribution in [0.4, 0.5) is 0 Å². The third-order valence-corrected chi connectivity index (χ3v) is 4.93. The van der Waals surface area contributed by atoms with Crippen molar-refractivity contribution in [2.75, 3.05) is 33.4 Å². The number of hydrogen-bond acceptors (Lipinski definition) is 4. The first kappa shape index (κ1) is 16.3. The Bertz CT molecular complexity index is 521. The molecule has 1 saturated heterocycles. The highest BCUT2D eigenvalue weighted by atomic mass is 16.5. The third-order valence-electron chi connectivity index (χ3n) is 4.93. The van der Waals surface area contributed by atoms with E-state index in [9.17, 15) is 4.79 Å². The van der Waals surface area contributed by atoms with Gasteiger partial charge in [0, 0.05) is 30.7 Å². The van der Waals surface area contributed by atoms with Gasteiger partial charge in [-0.05, 0) is 43.9 Å². The molecule has 23 heavy (non-hydrogen) atoms. The van der Waals surface area contributed by atoms with Crippen molar-refractivity contribution in [3.8, 4) is 5.75 Å². The molecule has 1 aromatic carbocycles. The molecule has 0 spiro atoms. The van der Waals surface area contributed by atoms with E-state index in [0.717, 1.165) is 52.0 Å². The quantitative estimate of drug-likeness (QED) is 0.923. The molecule has 3 rings (SSSR count). The van der Waals surface area contributed by atoms with Gasteiger partial charge < -0.3 is 14.8 Å². The van der Waals surface area contributed by atoms with Gasteiger partial charge in [-0.25, -0.2) is 0 Å². The van der Waals surface area contributed by atoms with Crippen molar-refractivity contribution in [3.63, 3.8) is 0 Å². The van der Waals surface area contributed by atoms with E-state index in [1.54, 1.807) is 13.2 Å². The number of morpholine rings is 1. The average molecular weight is 318 g/mol. The number of ether oxygens (including phenoxy) is 2.